The van der Waals surface area contributed by atoms with Crippen LogP contribution < -0.4 is 5.32 Å². The highest BCUT2D eigenvalue weighted by Gasteiger charge is 2.41. The van der Waals surface area contributed by atoms with E-state index in [-0.39, 0.29) is 5.97 Å². The molecule has 6 nitrogen and oxygen atoms in total. The topological polar surface area (TPSA) is 73.9 Å². The van der Waals surface area contributed by atoms with Crippen molar-refractivity contribution >= 4 is 12.1 Å². The van der Waals surface area contributed by atoms with Gasteiger partial charge in [-0.3, -0.25) is 0 Å². The standard InChI is InChI=1S/C32H53NO5/c1-3-4-5-6-7-8-9-10-11-12-13-14-15-16-17-21-26-33-32(35)38-29-25-24-28(30(29)36-2)37-31(34)27-22-19-18-20-23-27/h18-20,22-23,28-30H,3-17,21,24-26H2,1-2H3,(H,33,35)/t28-,29-,30+/m1/s1. The number of ether oxygens (including phenoxy) is 3. The third kappa shape index (κ3) is 13.6. The van der Waals surface area contributed by atoms with Gasteiger partial charge in [-0.1, -0.05) is 121 Å². The Bertz CT molecular complexity index is 741. The number of benzene rings is 1. The lowest BCUT2D eigenvalue weighted by Crippen LogP contribution is -2.39. The first-order chi connectivity index (χ1) is 18.7. The molecule has 1 fully saturated rings. The molecule has 1 aliphatic carbocycles. The van der Waals surface area contributed by atoms with Crippen molar-refractivity contribution in [3.63, 3.8) is 0 Å². The maximum Gasteiger partial charge on any atom is 0.407 e. The average Bonchev–Trinajstić information content (AvgIpc) is 3.31. The van der Waals surface area contributed by atoms with Crippen molar-refractivity contribution in [1.29, 1.82) is 0 Å². The Balaban J connectivity index is 1.42. The Morgan fingerprint density at radius 2 is 1.18 bits per heavy atom. The van der Waals surface area contributed by atoms with E-state index in [0.717, 1.165) is 12.8 Å². The summed E-state index contributed by atoms with van der Waals surface area (Å²) in [4.78, 5) is 24.7. The van der Waals surface area contributed by atoms with Gasteiger partial charge in [-0.15, -0.1) is 0 Å². The molecule has 0 unspecified atom stereocenters. The van der Waals surface area contributed by atoms with E-state index in [9.17, 15) is 9.59 Å². The minimum absolute atomic E-state index is 0.383. The molecule has 0 spiro atoms. The van der Waals surface area contributed by atoms with Crippen molar-refractivity contribution in [2.24, 2.45) is 0 Å². The quantitative estimate of drug-likeness (QED) is 0.127. The van der Waals surface area contributed by atoms with E-state index in [1.165, 1.54) is 89.9 Å². The number of carbonyl (C=O) groups is 2. The SMILES string of the molecule is CCCCCCCCCCCCCCCCCCNC(=O)O[C@@H]1CC[C@@H](OC(=O)c2ccccc2)[C@@H]1OC. The first-order valence-electron chi connectivity index (χ1n) is 15.4. The van der Waals surface area contributed by atoms with Crippen LogP contribution in [0.2, 0.25) is 0 Å². The zero-order chi connectivity index (χ0) is 27.3. The molecule has 0 bridgehead atoms. The number of amides is 1. The minimum atomic E-state index is -0.455. The summed E-state index contributed by atoms with van der Waals surface area (Å²) in [6.07, 6.45) is 20.8. The molecule has 6 heteroatoms. The number of alkyl carbamates (subject to hydrolysis) is 1. The van der Waals surface area contributed by atoms with Gasteiger partial charge in [0.1, 0.15) is 18.3 Å². The van der Waals surface area contributed by atoms with E-state index in [2.05, 4.69) is 12.2 Å². The van der Waals surface area contributed by atoms with Gasteiger partial charge in [0.05, 0.1) is 5.56 Å². The van der Waals surface area contributed by atoms with E-state index in [4.69, 9.17) is 14.2 Å². The molecule has 1 amide bonds. The molecule has 1 aliphatic rings. The summed E-state index contributed by atoms with van der Waals surface area (Å²) in [7, 11) is 1.56. The summed E-state index contributed by atoms with van der Waals surface area (Å²) in [6, 6.07) is 8.90. The number of esters is 1. The molecule has 1 aromatic carbocycles. The van der Waals surface area contributed by atoms with E-state index in [0.29, 0.717) is 24.9 Å². The van der Waals surface area contributed by atoms with Gasteiger partial charge in [0.25, 0.3) is 0 Å². The van der Waals surface area contributed by atoms with Crippen LogP contribution in [-0.2, 0) is 14.2 Å². The number of methoxy groups -OCH3 is 1. The van der Waals surface area contributed by atoms with E-state index >= 15 is 0 Å². The van der Waals surface area contributed by atoms with Crippen molar-refractivity contribution in [3.05, 3.63) is 35.9 Å². The van der Waals surface area contributed by atoms with Crippen LogP contribution in [0.25, 0.3) is 0 Å². The van der Waals surface area contributed by atoms with Gasteiger partial charge >= 0.3 is 12.1 Å². The van der Waals surface area contributed by atoms with Gasteiger partial charge in [-0.2, -0.15) is 0 Å². The first kappa shape index (κ1) is 32.1. The van der Waals surface area contributed by atoms with E-state index in [1.807, 2.05) is 6.07 Å². The largest absolute Gasteiger partial charge is 0.456 e. The van der Waals surface area contributed by atoms with Crippen LogP contribution in [0.5, 0.6) is 0 Å². The monoisotopic (exact) mass is 531 g/mol. The highest BCUT2D eigenvalue weighted by atomic mass is 16.6. The van der Waals surface area contributed by atoms with E-state index in [1.54, 1.807) is 31.4 Å². The Hall–Kier alpha value is -2.08. The fourth-order valence-corrected chi connectivity index (χ4v) is 5.27. The molecule has 1 aromatic rings. The number of hydrogen-bond acceptors (Lipinski definition) is 5. The molecule has 0 radical (unpaired) electrons. The van der Waals surface area contributed by atoms with Crippen LogP contribution in [0.15, 0.2) is 30.3 Å². The second-order valence-electron chi connectivity index (χ2n) is 10.8. The molecule has 1 N–H and O–H groups in total. The van der Waals surface area contributed by atoms with Gasteiger partial charge in [0.15, 0.2) is 0 Å². The summed E-state index contributed by atoms with van der Waals surface area (Å²) < 4.78 is 16.8. The van der Waals surface area contributed by atoms with Crippen molar-refractivity contribution < 1.29 is 23.8 Å². The summed E-state index contributed by atoms with van der Waals surface area (Å²) in [6.45, 7) is 2.89. The Morgan fingerprint density at radius 3 is 1.68 bits per heavy atom. The highest BCUT2D eigenvalue weighted by Crippen LogP contribution is 2.28. The lowest BCUT2D eigenvalue weighted by atomic mass is 10.0. The zero-order valence-electron chi connectivity index (χ0n) is 24.1. The lowest BCUT2D eigenvalue weighted by molar-refractivity contribution is -0.0603. The van der Waals surface area contributed by atoms with Crippen LogP contribution in [0.1, 0.15) is 133 Å². The second kappa shape index (κ2) is 20.8. The maximum atomic E-state index is 12.4. The van der Waals surface area contributed by atoms with Crippen molar-refractivity contribution in [3.8, 4) is 0 Å². The molecular formula is C32H53NO5. The molecule has 216 valence electrons. The number of carbonyl (C=O) groups excluding carboxylic acids is 2. The smallest absolute Gasteiger partial charge is 0.407 e. The van der Waals surface area contributed by atoms with Crippen molar-refractivity contribution in [1.82, 2.24) is 5.32 Å². The van der Waals surface area contributed by atoms with Gasteiger partial charge in [-0.25, -0.2) is 9.59 Å². The summed E-state index contributed by atoms with van der Waals surface area (Å²) in [5.74, 6) is -0.383. The molecule has 1 saturated carbocycles. The number of hydrogen-bond donors (Lipinski definition) is 1. The van der Waals surface area contributed by atoms with Gasteiger partial charge in [0.2, 0.25) is 0 Å². The molecule has 0 aliphatic heterocycles. The first-order valence-corrected chi connectivity index (χ1v) is 15.4. The molecule has 0 heterocycles. The Kier molecular flexibility index (Phi) is 17.6. The maximum absolute atomic E-state index is 12.4. The van der Waals surface area contributed by atoms with Gasteiger partial charge < -0.3 is 19.5 Å². The van der Waals surface area contributed by atoms with E-state index < -0.39 is 24.4 Å². The molecule has 3 atom stereocenters. The predicted molar refractivity (Wildman–Crippen MR) is 153 cm³/mol. The third-order valence-electron chi connectivity index (χ3n) is 7.57. The third-order valence-corrected chi connectivity index (χ3v) is 7.57. The van der Waals surface area contributed by atoms with Gasteiger partial charge in [-0.05, 0) is 31.4 Å². The van der Waals surface area contributed by atoms with Crippen LogP contribution in [0, 0.1) is 0 Å². The number of unbranched alkanes of at least 4 members (excludes halogenated alkanes) is 15. The lowest BCUT2D eigenvalue weighted by Gasteiger charge is -2.23. The van der Waals surface area contributed by atoms with Crippen LogP contribution in [0.3, 0.4) is 0 Å². The van der Waals surface area contributed by atoms with Crippen molar-refractivity contribution in [2.45, 2.75) is 141 Å². The minimum Gasteiger partial charge on any atom is -0.456 e. The zero-order valence-corrected chi connectivity index (χ0v) is 24.1. The normalized spacial score (nSPS) is 18.8. The van der Waals surface area contributed by atoms with Crippen molar-refractivity contribution in [2.75, 3.05) is 13.7 Å². The predicted octanol–water partition coefficient (Wildman–Crippen LogP) is 8.38. The summed E-state index contributed by atoms with van der Waals surface area (Å²) in [5, 5.41) is 2.86. The van der Waals surface area contributed by atoms with Crippen LogP contribution >= 0.6 is 0 Å². The Labute approximate surface area is 231 Å². The van der Waals surface area contributed by atoms with Gasteiger partial charge in [0, 0.05) is 13.7 Å². The molecule has 0 saturated heterocycles. The second-order valence-corrected chi connectivity index (χ2v) is 10.8. The molecule has 0 aromatic heterocycles. The van der Waals surface area contributed by atoms with Crippen LogP contribution in [-0.4, -0.2) is 44.0 Å². The number of nitrogens with one attached hydrogen (secondary N) is 1. The molecular weight excluding hydrogens is 478 g/mol. The molecule has 2 rings (SSSR count). The highest BCUT2D eigenvalue weighted by molar-refractivity contribution is 5.89. The summed E-state index contributed by atoms with van der Waals surface area (Å²) in [5.41, 5.74) is 0.503. The fraction of sp³-hybridized carbons (Fsp3) is 0.750. The van der Waals surface area contributed by atoms with Crippen LogP contribution in [0.4, 0.5) is 4.79 Å². The Morgan fingerprint density at radius 1 is 0.711 bits per heavy atom. The summed E-state index contributed by atoms with van der Waals surface area (Å²) >= 11 is 0. The fourth-order valence-electron chi connectivity index (χ4n) is 5.27. The number of rotatable bonds is 21. The average molecular weight is 532 g/mol. The molecule has 38 heavy (non-hydrogen) atoms.